The van der Waals surface area contributed by atoms with Gasteiger partial charge in [0.25, 0.3) is 0 Å². The van der Waals surface area contributed by atoms with Crippen LogP contribution in [0.3, 0.4) is 0 Å². The lowest BCUT2D eigenvalue weighted by Gasteiger charge is -2.22. The van der Waals surface area contributed by atoms with Crippen LogP contribution in [0.25, 0.3) is 12.2 Å². The summed E-state index contributed by atoms with van der Waals surface area (Å²) in [5, 5.41) is 0. The number of carbonyl (C=O) groups is 1. The molecule has 2 heterocycles. The first kappa shape index (κ1) is 38.2. The van der Waals surface area contributed by atoms with E-state index in [2.05, 4.69) is 96.3 Å². The minimum atomic E-state index is -0.210. The molecule has 3 unspecified atom stereocenters. The number of rotatable bonds is 22. The highest BCUT2D eigenvalue weighted by Gasteiger charge is 2.19. The molecular weight excluding hydrogens is 614 g/mol. The number of benzene rings is 1. The van der Waals surface area contributed by atoms with Crippen molar-refractivity contribution in [1.29, 1.82) is 0 Å². The molecule has 0 N–H and O–H groups in total. The van der Waals surface area contributed by atoms with E-state index in [4.69, 9.17) is 30.5 Å². The summed E-state index contributed by atoms with van der Waals surface area (Å²) in [6.07, 6.45) is 15.2. The molecule has 0 aliphatic rings. The maximum atomic E-state index is 11.9. The van der Waals surface area contributed by atoms with Gasteiger partial charge >= 0.3 is 5.97 Å². The van der Waals surface area contributed by atoms with E-state index in [-0.39, 0.29) is 30.8 Å². The molecule has 0 bridgehead atoms. The van der Waals surface area contributed by atoms with Crippen molar-refractivity contribution < 1.29 is 32.9 Å². The summed E-state index contributed by atoms with van der Waals surface area (Å²) in [5.41, 5.74) is 4.45. The Morgan fingerprint density at radius 1 is 0.809 bits per heavy atom. The largest absolute Gasteiger partial charge is 0.465 e. The van der Waals surface area contributed by atoms with Crippen LogP contribution in [0.15, 0.2) is 73.3 Å². The Kier molecular flexibility index (Phi) is 17.5. The lowest BCUT2D eigenvalue weighted by atomic mass is 10.1. The quantitative estimate of drug-likeness (QED) is 0.0740. The molecule has 9 heteroatoms. The molecule has 0 aliphatic carbocycles. The van der Waals surface area contributed by atoms with Crippen molar-refractivity contribution in [2.75, 3.05) is 50.8 Å². The van der Waals surface area contributed by atoms with E-state index in [1.165, 1.54) is 5.56 Å². The van der Waals surface area contributed by atoms with Crippen LogP contribution >= 0.6 is 11.6 Å². The third-order valence-electron chi connectivity index (χ3n) is 8.08. The van der Waals surface area contributed by atoms with Crippen molar-refractivity contribution in [3.05, 3.63) is 90.0 Å². The molecule has 256 valence electrons. The van der Waals surface area contributed by atoms with Crippen molar-refractivity contribution in [1.82, 2.24) is 0 Å². The Hall–Kier alpha value is -3.30. The molecule has 1 aromatic carbocycles. The van der Waals surface area contributed by atoms with E-state index in [0.717, 1.165) is 55.7 Å². The van der Waals surface area contributed by atoms with Gasteiger partial charge < -0.3 is 23.8 Å². The Labute approximate surface area is 286 Å². The molecule has 0 fully saturated rings. The van der Waals surface area contributed by atoms with Gasteiger partial charge in [0.1, 0.15) is 18.8 Å². The third kappa shape index (κ3) is 14.2. The van der Waals surface area contributed by atoms with Gasteiger partial charge in [0.15, 0.2) is 37.9 Å². The summed E-state index contributed by atoms with van der Waals surface area (Å²) in [5.74, 6) is 0.249. The second-order valence-corrected chi connectivity index (χ2v) is 11.9. The summed E-state index contributed by atoms with van der Waals surface area (Å²) < 4.78 is 27.5. The lowest BCUT2D eigenvalue weighted by molar-refractivity contribution is -0.705. The maximum Gasteiger partial charge on any atom is 0.325 e. The van der Waals surface area contributed by atoms with E-state index in [9.17, 15) is 4.79 Å². The summed E-state index contributed by atoms with van der Waals surface area (Å²) in [7, 11) is 1.69. The normalized spacial score (nSPS) is 13.4. The number of aromatic nitrogens is 2. The van der Waals surface area contributed by atoms with Gasteiger partial charge in [-0.2, -0.15) is 0 Å². The zero-order valence-corrected chi connectivity index (χ0v) is 29.6. The predicted octanol–water partition coefficient (Wildman–Crippen LogP) is 6.04. The van der Waals surface area contributed by atoms with Gasteiger partial charge in [0, 0.05) is 69.1 Å². The number of aryl methyl sites for hydroxylation is 1. The highest BCUT2D eigenvalue weighted by Crippen LogP contribution is 2.17. The summed E-state index contributed by atoms with van der Waals surface area (Å²) in [4.78, 5) is 13.9. The Bertz CT molecular complexity index is 1310. The Morgan fingerprint density at radius 2 is 1.36 bits per heavy atom. The number of hydrogen-bond acceptors (Lipinski definition) is 6. The summed E-state index contributed by atoms with van der Waals surface area (Å²) >= 11 is 5.99. The molecule has 0 saturated heterocycles. The smallest absolute Gasteiger partial charge is 0.325 e. The van der Waals surface area contributed by atoms with Crippen LogP contribution < -0.4 is 14.0 Å². The number of halogens is 1. The zero-order valence-electron chi connectivity index (χ0n) is 28.9. The average molecular weight is 668 g/mol. The number of carbonyl (C=O) groups excluding carboxylic acids is 1. The van der Waals surface area contributed by atoms with E-state index in [1.54, 1.807) is 7.11 Å². The number of pyridine rings is 2. The van der Waals surface area contributed by atoms with Crippen molar-refractivity contribution in [3.63, 3.8) is 0 Å². The third-order valence-corrected chi connectivity index (χ3v) is 8.43. The number of likely N-dealkylation sites (N-methyl/N-ethyl adjacent to an activating group) is 1. The van der Waals surface area contributed by atoms with Gasteiger partial charge in [-0.25, -0.2) is 9.13 Å². The molecule has 0 spiro atoms. The monoisotopic (exact) mass is 667 g/mol. The zero-order chi connectivity index (χ0) is 33.9. The average Bonchev–Trinajstić information content (AvgIpc) is 3.09. The van der Waals surface area contributed by atoms with Crippen LogP contribution in [0.5, 0.6) is 0 Å². The second-order valence-electron chi connectivity index (χ2n) is 11.6. The van der Waals surface area contributed by atoms with Gasteiger partial charge in [-0.15, -0.1) is 11.6 Å². The number of hydrogen-bond donors (Lipinski definition) is 0. The molecule has 3 atom stereocenters. The molecule has 0 saturated carbocycles. The fourth-order valence-corrected chi connectivity index (χ4v) is 5.36. The van der Waals surface area contributed by atoms with Crippen molar-refractivity contribution in [2.24, 2.45) is 0 Å². The molecule has 3 aromatic rings. The minimum absolute atomic E-state index is 0.00208. The highest BCUT2D eigenvalue weighted by atomic mass is 35.5. The number of anilines is 1. The second kappa shape index (κ2) is 21.5. The van der Waals surface area contributed by atoms with E-state index < -0.39 is 0 Å². The van der Waals surface area contributed by atoms with E-state index in [1.807, 2.05) is 30.9 Å². The van der Waals surface area contributed by atoms with E-state index >= 15 is 0 Å². The fraction of sp³-hybridized carbons (Fsp3) is 0.500. The first-order chi connectivity index (χ1) is 22.9. The molecule has 2 aromatic heterocycles. The minimum Gasteiger partial charge on any atom is -0.465 e. The Morgan fingerprint density at radius 3 is 1.91 bits per heavy atom. The first-order valence-corrected chi connectivity index (χ1v) is 17.4. The molecule has 0 radical (unpaired) electrons. The number of nitrogens with zero attached hydrogens (tertiary/aromatic N) is 3. The molecule has 3 rings (SSSR count). The van der Waals surface area contributed by atoms with Crippen molar-refractivity contribution in [2.45, 2.75) is 78.4 Å². The topological polar surface area (TPSA) is 65.0 Å². The molecule has 47 heavy (non-hydrogen) atoms. The Balaban J connectivity index is 1.50. The van der Waals surface area contributed by atoms with E-state index in [0.29, 0.717) is 25.7 Å². The lowest BCUT2D eigenvalue weighted by Crippen LogP contribution is -2.42. The van der Waals surface area contributed by atoms with Crippen LogP contribution in [0.4, 0.5) is 5.69 Å². The predicted molar refractivity (Wildman–Crippen MR) is 188 cm³/mol. The molecule has 0 amide bonds. The van der Waals surface area contributed by atoms with Gasteiger partial charge in [0.2, 0.25) is 0 Å². The highest BCUT2D eigenvalue weighted by molar-refractivity contribution is 6.18. The standard InChI is InChI=1S/C38H54ClN3O5/c1-6-35(46-26-20-37(47-25-19-36(27-39)44-5)29-40-21-15-31(4)16-22-40)28-41-23-17-33(18-24-41)10-9-32-11-13-34(14-12-32)42(7-2)30-38(43)45-8-3/h9-18,21-24,35-37H,6-8,19-20,25-30H2,1-5H3/q+2. The van der Waals surface area contributed by atoms with Crippen molar-refractivity contribution >= 4 is 35.4 Å². The summed E-state index contributed by atoms with van der Waals surface area (Å²) in [6.45, 7) is 12.3. The van der Waals surface area contributed by atoms with Crippen LogP contribution in [0.1, 0.15) is 56.7 Å². The number of alkyl halides is 1. The van der Waals surface area contributed by atoms with Gasteiger partial charge in [0.05, 0.1) is 12.7 Å². The van der Waals surface area contributed by atoms with Crippen LogP contribution in [0, 0.1) is 6.92 Å². The first-order valence-electron chi connectivity index (χ1n) is 16.8. The van der Waals surface area contributed by atoms with Crippen molar-refractivity contribution in [3.8, 4) is 0 Å². The van der Waals surface area contributed by atoms with Crippen LogP contribution in [-0.2, 0) is 36.8 Å². The number of methoxy groups -OCH3 is 1. The van der Waals surface area contributed by atoms with Gasteiger partial charge in [-0.05, 0) is 62.4 Å². The SMILES string of the molecule is CCOC(=O)CN(CC)c1ccc(/C=C/c2cc[n+](CC(CC)OCCC(C[n+]3ccc(C)cc3)OCCC(CCl)OC)cc2)cc1. The summed E-state index contributed by atoms with van der Waals surface area (Å²) in [6, 6.07) is 16.7. The number of esters is 1. The molecule has 0 aliphatic heterocycles. The molecule has 8 nitrogen and oxygen atoms in total. The van der Waals surface area contributed by atoms with Gasteiger partial charge in [-0.1, -0.05) is 31.2 Å². The fourth-order valence-electron chi connectivity index (χ4n) is 5.08. The van der Waals surface area contributed by atoms with Gasteiger partial charge in [-0.3, -0.25) is 4.79 Å². The number of ether oxygens (including phenoxy) is 4. The maximum absolute atomic E-state index is 11.9. The van der Waals surface area contributed by atoms with Crippen LogP contribution in [0.2, 0.25) is 0 Å². The molecular formula is C38H54ClN3O5+2. The van der Waals surface area contributed by atoms with Crippen LogP contribution in [-0.4, -0.2) is 70.2 Å².